The van der Waals surface area contributed by atoms with Gasteiger partial charge in [0.05, 0.1) is 24.7 Å². The van der Waals surface area contributed by atoms with Crippen LogP contribution in [-0.4, -0.2) is 46.5 Å². The summed E-state index contributed by atoms with van der Waals surface area (Å²) < 4.78 is 0. The number of carboxylic acids is 1. The van der Waals surface area contributed by atoms with Crippen molar-refractivity contribution < 1.29 is 24.9 Å². The van der Waals surface area contributed by atoms with Crippen LogP contribution in [0.4, 0.5) is 0 Å². The van der Waals surface area contributed by atoms with Crippen LogP contribution in [0.5, 0.6) is 0 Å². The molecule has 0 aliphatic carbocycles. The second-order valence-corrected chi connectivity index (χ2v) is 4.81. The maximum absolute atomic E-state index is 11.9. The predicted molar refractivity (Wildman–Crippen MR) is 72.1 cm³/mol. The van der Waals surface area contributed by atoms with Crippen molar-refractivity contribution in [1.29, 1.82) is 0 Å². The summed E-state index contributed by atoms with van der Waals surface area (Å²) in [5, 5.41) is 29.6. The van der Waals surface area contributed by atoms with Crippen molar-refractivity contribution in [2.24, 2.45) is 0 Å². The summed E-state index contributed by atoms with van der Waals surface area (Å²) in [5.41, 5.74) is -0.840. The van der Waals surface area contributed by atoms with E-state index in [1.54, 1.807) is 30.3 Å². The molecule has 0 saturated carbocycles. The number of amides is 1. The zero-order valence-electron chi connectivity index (χ0n) is 11.2. The van der Waals surface area contributed by atoms with Crippen LogP contribution in [0.3, 0.4) is 0 Å². The van der Waals surface area contributed by atoms with E-state index in [1.807, 2.05) is 0 Å². The molecule has 1 unspecified atom stereocenters. The van der Waals surface area contributed by atoms with Crippen molar-refractivity contribution in [2.45, 2.75) is 24.8 Å². The second-order valence-electron chi connectivity index (χ2n) is 4.81. The van der Waals surface area contributed by atoms with Gasteiger partial charge in [-0.2, -0.15) is 0 Å². The molecule has 1 rings (SSSR count). The van der Waals surface area contributed by atoms with Crippen molar-refractivity contribution in [3.63, 3.8) is 0 Å². The van der Waals surface area contributed by atoms with Gasteiger partial charge in [0.25, 0.3) is 0 Å². The summed E-state index contributed by atoms with van der Waals surface area (Å²) >= 11 is 0. The maximum atomic E-state index is 11.9. The third kappa shape index (κ3) is 3.79. The predicted octanol–water partition coefficient (Wildman–Crippen LogP) is -0.112. The molecule has 0 aromatic heterocycles. The molecule has 1 atom stereocenters. The summed E-state index contributed by atoms with van der Waals surface area (Å²) in [6.07, 6.45) is -0.275. The molecule has 0 heterocycles. The van der Waals surface area contributed by atoms with Crippen molar-refractivity contribution in [2.75, 3.05) is 13.2 Å². The van der Waals surface area contributed by atoms with E-state index in [9.17, 15) is 14.7 Å². The van der Waals surface area contributed by atoms with Gasteiger partial charge in [0.15, 0.2) is 0 Å². The van der Waals surface area contributed by atoms with Crippen LogP contribution in [0, 0.1) is 0 Å². The number of aliphatic carboxylic acids is 1. The lowest BCUT2D eigenvalue weighted by atomic mass is 9.79. The number of hydrogen-bond acceptors (Lipinski definition) is 4. The van der Waals surface area contributed by atoms with Gasteiger partial charge in [-0.1, -0.05) is 30.3 Å². The van der Waals surface area contributed by atoms with E-state index in [0.717, 1.165) is 0 Å². The Labute approximate surface area is 117 Å². The van der Waals surface area contributed by atoms with Crippen molar-refractivity contribution >= 4 is 11.9 Å². The standard InChI is InChI=1S/C14H19NO5/c1-14(13(19)20,10-5-3-2-4-6-10)7-12(18)15-11(8-16)9-17/h2-6,11,16-17H,7-9H2,1H3,(H,15,18)(H,19,20). The second kappa shape index (κ2) is 7.02. The summed E-state index contributed by atoms with van der Waals surface area (Å²) in [4.78, 5) is 23.4. The third-order valence-corrected chi connectivity index (χ3v) is 3.20. The van der Waals surface area contributed by atoms with Gasteiger partial charge >= 0.3 is 5.97 Å². The molecule has 0 radical (unpaired) electrons. The topological polar surface area (TPSA) is 107 Å². The molecule has 6 nitrogen and oxygen atoms in total. The minimum Gasteiger partial charge on any atom is -0.481 e. The van der Waals surface area contributed by atoms with Crippen LogP contribution in [0.25, 0.3) is 0 Å². The van der Waals surface area contributed by atoms with E-state index in [4.69, 9.17) is 10.2 Å². The lowest BCUT2D eigenvalue weighted by Gasteiger charge is -2.25. The number of carboxylic acid groups (broad SMARTS) is 1. The molecule has 1 aromatic rings. The summed E-state index contributed by atoms with van der Waals surface area (Å²) in [5.74, 6) is -1.64. The molecule has 0 bridgehead atoms. The first-order valence-corrected chi connectivity index (χ1v) is 6.24. The van der Waals surface area contributed by atoms with Gasteiger partial charge in [0.1, 0.15) is 0 Å². The Morgan fingerprint density at radius 2 is 1.75 bits per heavy atom. The number of hydrogen-bond donors (Lipinski definition) is 4. The van der Waals surface area contributed by atoms with Crippen molar-refractivity contribution in [1.82, 2.24) is 5.32 Å². The van der Waals surface area contributed by atoms with E-state index in [2.05, 4.69) is 5.32 Å². The highest BCUT2D eigenvalue weighted by Crippen LogP contribution is 2.27. The van der Waals surface area contributed by atoms with Crippen LogP contribution in [0.15, 0.2) is 30.3 Å². The van der Waals surface area contributed by atoms with Crippen LogP contribution in [0.2, 0.25) is 0 Å². The molecule has 6 heteroatoms. The molecule has 20 heavy (non-hydrogen) atoms. The summed E-state index contributed by atoms with van der Waals surface area (Å²) in [6.45, 7) is 0.659. The molecular weight excluding hydrogens is 262 g/mol. The molecule has 0 spiro atoms. The Hall–Kier alpha value is -1.92. The zero-order valence-corrected chi connectivity index (χ0v) is 11.2. The van der Waals surface area contributed by atoms with Crippen LogP contribution in [-0.2, 0) is 15.0 Å². The summed E-state index contributed by atoms with van der Waals surface area (Å²) in [6, 6.07) is 7.70. The van der Waals surface area contributed by atoms with E-state index < -0.39 is 36.5 Å². The molecular formula is C14H19NO5. The number of carbonyl (C=O) groups excluding carboxylic acids is 1. The number of aliphatic hydroxyl groups excluding tert-OH is 2. The van der Waals surface area contributed by atoms with Gasteiger partial charge in [0.2, 0.25) is 5.91 Å². The van der Waals surface area contributed by atoms with Crippen LogP contribution >= 0.6 is 0 Å². The molecule has 1 aromatic carbocycles. The first kappa shape index (κ1) is 16.1. The smallest absolute Gasteiger partial charge is 0.314 e. The normalized spacial score (nSPS) is 13.8. The molecule has 0 aliphatic rings. The summed E-state index contributed by atoms with van der Waals surface area (Å²) in [7, 11) is 0. The SMILES string of the molecule is CC(CC(=O)NC(CO)CO)(C(=O)O)c1ccccc1. The quantitative estimate of drug-likeness (QED) is 0.558. The highest BCUT2D eigenvalue weighted by Gasteiger charge is 2.37. The molecule has 0 saturated heterocycles. The first-order valence-electron chi connectivity index (χ1n) is 6.24. The third-order valence-electron chi connectivity index (χ3n) is 3.20. The van der Waals surface area contributed by atoms with Gasteiger partial charge in [-0.25, -0.2) is 0 Å². The van der Waals surface area contributed by atoms with Gasteiger partial charge in [-0.05, 0) is 12.5 Å². The number of carbonyl (C=O) groups is 2. The Morgan fingerprint density at radius 3 is 2.20 bits per heavy atom. The Balaban J connectivity index is 2.88. The highest BCUT2D eigenvalue weighted by atomic mass is 16.4. The fourth-order valence-electron chi connectivity index (χ4n) is 1.86. The molecule has 1 amide bonds. The van der Waals surface area contributed by atoms with E-state index in [1.165, 1.54) is 6.92 Å². The fraction of sp³-hybridized carbons (Fsp3) is 0.429. The average Bonchev–Trinajstić information content (AvgIpc) is 2.45. The Bertz CT molecular complexity index is 458. The monoisotopic (exact) mass is 281 g/mol. The largest absolute Gasteiger partial charge is 0.481 e. The number of benzene rings is 1. The molecule has 110 valence electrons. The number of nitrogens with one attached hydrogen (secondary N) is 1. The lowest BCUT2D eigenvalue weighted by Crippen LogP contribution is -2.44. The Morgan fingerprint density at radius 1 is 1.20 bits per heavy atom. The first-order chi connectivity index (χ1) is 9.43. The Kier molecular flexibility index (Phi) is 5.66. The van der Waals surface area contributed by atoms with Crippen molar-refractivity contribution in [3.8, 4) is 0 Å². The zero-order chi connectivity index (χ0) is 15.2. The van der Waals surface area contributed by atoms with E-state index >= 15 is 0 Å². The van der Waals surface area contributed by atoms with Gasteiger partial charge < -0.3 is 20.6 Å². The highest BCUT2D eigenvalue weighted by molar-refractivity contribution is 5.89. The lowest BCUT2D eigenvalue weighted by molar-refractivity contribution is -0.145. The molecule has 0 fully saturated rings. The van der Waals surface area contributed by atoms with Crippen LogP contribution < -0.4 is 5.32 Å². The fourth-order valence-corrected chi connectivity index (χ4v) is 1.86. The van der Waals surface area contributed by atoms with E-state index in [0.29, 0.717) is 5.56 Å². The average molecular weight is 281 g/mol. The van der Waals surface area contributed by atoms with Gasteiger partial charge in [-0.15, -0.1) is 0 Å². The van der Waals surface area contributed by atoms with E-state index in [-0.39, 0.29) is 6.42 Å². The number of rotatable bonds is 7. The minimum atomic E-state index is -1.36. The molecule has 0 aliphatic heterocycles. The van der Waals surface area contributed by atoms with Crippen LogP contribution in [0.1, 0.15) is 18.9 Å². The number of aliphatic hydroxyl groups is 2. The molecule has 4 N–H and O–H groups in total. The minimum absolute atomic E-state index is 0.275. The van der Waals surface area contributed by atoms with Gasteiger partial charge in [0, 0.05) is 6.42 Å². The maximum Gasteiger partial charge on any atom is 0.314 e. The van der Waals surface area contributed by atoms with Gasteiger partial charge in [-0.3, -0.25) is 9.59 Å². The van der Waals surface area contributed by atoms with Crippen molar-refractivity contribution in [3.05, 3.63) is 35.9 Å².